The van der Waals surface area contributed by atoms with E-state index in [1.54, 1.807) is 18.3 Å². The summed E-state index contributed by atoms with van der Waals surface area (Å²) in [5.74, 6) is 0.817. The van der Waals surface area contributed by atoms with Crippen LogP contribution in [0.1, 0.15) is 35.6 Å². The molecule has 1 atom stereocenters. The molecule has 0 N–H and O–H groups in total. The first-order chi connectivity index (χ1) is 7.08. The van der Waals surface area contributed by atoms with Gasteiger partial charge in [0.1, 0.15) is 5.69 Å². The van der Waals surface area contributed by atoms with Gasteiger partial charge in [-0.05, 0) is 19.3 Å². The Bertz CT molecular complexity index is 386. The van der Waals surface area contributed by atoms with Crippen LogP contribution in [-0.4, -0.2) is 23.9 Å². The molecule has 0 unspecified atom stereocenters. The predicted octanol–water partition coefficient (Wildman–Crippen LogP) is 2.50. The summed E-state index contributed by atoms with van der Waals surface area (Å²) in [7, 11) is 0. The molecular weight excluding hydrogens is 208 g/mol. The first-order valence-electron chi connectivity index (χ1n) is 5.31. The lowest BCUT2D eigenvalue weighted by molar-refractivity contribution is 0.101. The minimum absolute atomic E-state index is 0.0715. The van der Waals surface area contributed by atoms with Crippen LogP contribution in [0.4, 0.5) is 5.13 Å². The van der Waals surface area contributed by atoms with Gasteiger partial charge >= 0.3 is 0 Å². The quantitative estimate of drug-likeness (QED) is 0.724. The zero-order valence-electron chi connectivity index (χ0n) is 9.41. The molecule has 0 saturated carbocycles. The van der Waals surface area contributed by atoms with Gasteiger partial charge in [0.25, 0.3) is 0 Å². The smallest absolute Gasteiger partial charge is 0.186 e. The summed E-state index contributed by atoms with van der Waals surface area (Å²) in [6.07, 6.45) is 1.23. The molecule has 0 bridgehead atoms. The first-order valence-corrected chi connectivity index (χ1v) is 6.13. The van der Waals surface area contributed by atoms with Gasteiger partial charge < -0.3 is 4.90 Å². The van der Waals surface area contributed by atoms with Crippen LogP contribution < -0.4 is 4.90 Å². The van der Waals surface area contributed by atoms with E-state index in [1.165, 1.54) is 6.42 Å². The summed E-state index contributed by atoms with van der Waals surface area (Å²) in [6, 6.07) is 0. The van der Waals surface area contributed by atoms with Crippen molar-refractivity contribution in [1.29, 1.82) is 0 Å². The highest BCUT2D eigenvalue weighted by Crippen LogP contribution is 2.29. The van der Waals surface area contributed by atoms with Crippen molar-refractivity contribution in [2.45, 2.75) is 27.2 Å². The number of Topliss-reactive ketones (excluding diaryl/α,β-unsaturated/α-hetero) is 1. The number of thiazole rings is 1. The lowest BCUT2D eigenvalue weighted by Crippen LogP contribution is -2.18. The Balaban J connectivity index is 2.23. The molecule has 2 rings (SSSR count). The van der Waals surface area contributed by atoms with Crippen molar-refractivity contribution >= 4 is 22.3 Å². The van der Waals surface area contributed by atoms with E-state index >= 15 is 0 Å². The second kappa shape index (κ2) is 3.93. The molecule has 1 aliphatic rings. The topological polar surface area (TPSA) is 33.2 Å². The maximum Gasteiger partial charge on any atom is 0.186 e. The van der Waals surface area contributed by atoms with E-state index in [2.05, 4.69) is 16.8 Å². The Hall–Kier alpha value is -0.900. The summed E-state index contributed by atoms with van der Waals surface area (Å²) >= 11 is 1.64. The molecule has 0 spiro atoms. The first kappa shape index (κ1) is 10.6. The SMILES string of the molecule is CC(=O)c1nc(N2CC[C@H](C)C2)sc1C. The molecule has 1 aromatic rings. The van der Waals surface area contributed by atoms with Gasteiger partial charge in [0.15, 0.2) is 10.9 Å². The van der Waals surface area contributed by atoms with E-state index in [9.17, 15) is 4.79 Å². The average Bonchev–Trinajstić information content (AvgIpc) is 2.71. The summed E-state index contributed by atoms with van der Waals surface area (Å²) in [4.78, 5) is 19.0. The lowest BCUT2D eigenvalue weighted by atomic mass is 10.2. The van der Waals surface area contributed by atoms with Gasteiger partial charge in [0.05, 0.1) is 0 Å². The van der Waals surface area contributed by atoms with E-state index in [-0.39, 0.29) is 5.78 Å². The van der Waals surface area contributed by atoms with Crippen molar-refractivity contribution in [2.75, 3.05) is 18.0 Å². The second-order valence-corrected chi connectivity index (χ2v) is 5.48. The number of carbonyl (C=O) groups is 1. The summed E-state index contributed by atoms with van der Waals surface area (Å²) < 4.78 is 0. The molecule has 0 amide bonds. The Morgan fingerprint density at radius 1 is 1.60 bits per heavy atom. The number of hydrogen-bond acceptors (Lipinski definition) is 4. The third kappa shape index (κ3) is 2.04. The minimum Gasteiger partial charge on any atom is -0.348 e. The molecule has 0 aromatic carbocycles. The van der Waals surface area contributed by atoms with Crippen LogP contribution >= 0.6 is 11.3 Å². The number of anilines is 1. The highest BCUT2D eigenvalue weighted by atomic mass is 32.1. The standard InChI is InChI=1S/C11H16N2OS/c1-7-4-5-13(6-7)11-12-10(8(2)14)9(3)15-11/h7H,4-6H2,1-3H3/t7-/m0/s1. The van der Waals surface area contributed by atoms with Crippen molar-refractivity contribution in [3.05, 3.63) is 10.6 Å². The van der Waals surface area contributed by atoms with Crippen LogP contribution in [-0.2, 0) is 0 Å². The monoisotopic (exact) mass is 224 g/mol. The van der Waals surface area contributed by atoms with Crippen LogP contribution in [0, 0.1) is 12.8 Å². The summed E-state index contributed by atoms with van der Waals surface area (Å²) in [5, 5.41) is 1.02. The third-order valence-electron chi connectivity index (χ3n) is 2.81. The highest BCUT2D eigenvalue weighted by molar-refractivity contribution is 7.15. The van der Waals surface area contributed by atoms with E-state index < -0.39 is 0 Å². The fourth-order valence-corrected chi connectivity index (χ4v) is 2.94. The number of ketones is 1. The van der Waals surface area contributed by atoms with E-state index in [1.807, 2.05) is 6.92 Å². The number of aromatic nitrogens is 1. The normalized spacial score (nSPS) is 21.0. The lowest BCUT2D eigenvalue weighted by Gasteiger charge is -2.13. The van der Waals surface area contributed by atoms with Crippen LogP contribution in [0.2, 0.25) is 0 Å². The fourth-order valence-electron chi connectivity index (χ4n) is 1.95. The van der Waals surface area contributed by atoms with Gasteiger partial charge in [-0.2, -0.15) is 0 Å². The maximum absolute atomic E-state index is 11.3. The summed E-state index contributed by atoms with van der Waals surface area (Å²) in [6.45, 7) is 7.96. The molecule has 0 radical (unpaired) electrons. The van der Waals surface area contributed by atoms with Gasteiger partial charge in [0, 0.05) is 24.9 Å². The van der Waals surface area contributed by atoms with E-state index in [0.717, 1.165) is 29.0 Å². The molecule has 1 aliphatic heterocycles. The average molecular weight is 224 g/mol. The van der Waals surface area contributed by atoms with Crippen LogP contribution in [0.3, 0.4) is 0 Å². The molecule has 15 heavy (non-hydrogen) atoms. The Kier molecular flexibility index (Phi) is 2.78. The fraction of sp³-hybridized carbons (Fsp3) is 0.636. The van der Waals surface area contributed by atoms with Crippen molar-refractivity contribution in [3.63, 3.8) is 0 Å². The molecule has 4 heteroatoms. The van der Waals surface area contributed by atoms with Gasteiger partial charge in [-0.15, -0.1) is 11.3 Å². The molecule has 1 aromatic heterocycles. The minimum atomic E-state index is 0.0715. The zero-order valence-corrected chi connectivity index (χ0v) is 10.2. The number of aryl methyl sites for hydroxylation is 1. The van der Waals surface area contributed by atoms with Gasteiger partial charge in [-0.3, -0.25) is 4.79 Å². The molecule has 1 saturated heterocycles. The van der Waals surface area contributed by atoms with Crippen LogP contribution in [0.5, 0.6) is 0 Å². The Labute approximate surface area is 94.1 Å². The Morgan fingerprint density at radius 2 is 2.33 bits per heavy atom. The second-order valence-electron chi connectivity index (χ2n) is 4.30. The largest absolute Gasteiger partial charge is 0.348 e. The van der Waals surface area contributed by atoms with Crippen LogP contribution in [0.25, 0.3) is 0 Å². The van der Waals surface area contributed by atoms with E-state index in [0.29, 0.717) is 5.69 Å². The zero-order chi connectivity index (χ0) is 11.0. The van der Waals surface area contributed by atoms with Crippen molar-refractivity contribution < 1.29 is 4.79 Å². The number of rotatable bonds is 2. The maximum atomic E-state index is 11.3. The number of nitrogens with zero attached hydrogens (tertiary/aromatic N) is 2. The molecule has 0 aliphatic carbocycles. The molecule has 82 valence electrons. The molecule has 1 fully saturated rings. The predicted molar refractivity (Wildman–Crippen MR) is 62.8 cm³/mol. The van der Waals surface area contributed by atoms with Crippen LogP contribution in [0.15, 0.2) is 0 Å². The molecule has 2 heterocycles. The third-order valence-corrected chi connectivity index (χ3v) is 3.84. The highest BCUT2D eigenvalue weighted by Gasteiger charge is 2.23. The molecule has 3 nitrogen and oxygen atoms in total. The number of hydrogen-bond donors (Lipinski definition) is 0. The van der Waals surface area contributed by atoms with E-state index in [4.69, 9.17) is 0 Å². The Morgan fingerprint density at radius 3 is 2.80 bits per heavy atom. The van der Waals surface area contributed by atoms with Gasteiger partial charge in [-0.25, -0.2) is 4.98 Å². The van der Waals surface area contributed by atoms with Gasteiger partial charge in [0.2, 0.25) is 0 Å². The summed E-state index contributed by atoms with van der Waals surface area (Å²) in [5.41, 5.74) is 0.648. The molecular formula is C11H16N2OS. The van der Waals surface area contributed by atoms with Crippen molar-refractivity contribution in [3.8, 4) is 0 Å². The van der Waals surface area contributed by atoms with Gasteiger partial charge in [-0.1, -0.05) is 6.92 Å². The van der Waals surface area contributed by atoms with Crippen molar-refractivity contribution in [1.82, 2.24) is 4.98 Å². The van der Waals surface area contributed by atoms with Crippen molar-refractivity contribution in [2.24, 2.45) is 5.92 Å². The number of carbonyl (C=O) groups excluding carboxylic acids is 1.